The maximum absolute atomic E-state index is 12.1. The van der Waals surface area contributed by atoms with Crippen LogP contribution >= 0.6 is 0 Å². The number of carbonyl (C=O) groups is 1. The molecule has 0 saturated carbocycles. The molecule has 0 spiro atoms. The lowest BCUT2D eigenvalue weighted by Crippen LogP contribution is -2.49. The normalized spacial score (nSPS) is 25.8. The molecule has 2 aliphatic rings. The van der Waals surface area contributed by atoms with E-state index in [-0.39, 0.29) is 6.03 Å². The molecular formula is C11H21N3O2. The van der Waals surface area contributed by atoms with Gasteiger partial charge in [0.25, 0.3) is 0 Å². The molecule has 2 saturated heterocycles. The topological polar surface area (TPSA) is 44.8 Å². The fraction of sp³-hybridized carbons (Fsp3) is 0.909. The third-order valence-corrected chi connectivity index (χ3v) is 3.26. The van der Waals surface area contributed by atoms with Crippen molar-refractivity contribution in [1.29, 1.82) is 0 Å². The van der Waals surface area contributed by atoms with Crippen molar-refractivity contribution in [2.24, 2.45) is 0 Å². The quantitative estimate of drug-likeness (QED) is 0.729. The van der Waals surface area contributed by atoms with E-state index in [2.05, 4.69) is 5.32 Å². The highest BCUT2D eigenvalue weighted by Gasteiger charge is 2.23. The summed E-state index contributed by atoms with van der Waals surface area (Å²) in [5.41, 5.74) is 0. The van der Waals surface area contributed by atoms with Crippen LogP contribution in [0.1, 0.15) is 12.8 Å². The Hall–Kier alpha value is -0.810. The zero-order chi connectivity index (χ0) is 11.4. The van der Waals surface area contributed by atoms with Crippen LogP contribution in [0.3, 0.4) is 0 Å². The predicted octanol–water partition coefficient (Wildman–Crippen LogP) is 0.122. The Bertz CT molecular complexity index is 235. The molecule has 5 nitrogen and oxygen atoms in total. The summed E-state index contributed by atoms with van der Waals surface area (Å²) in [7, 11) is 1.89. The van der Waals surface area contributed by atoms with Crippen LogP contribution < -0.4 is 5.32 Å². The second kappa shape index (κ2) is 5.50. The number of urea groups is 1. The molecular weight excluding hydrogens is 206 g/mol. The van der Waals surface area contributed by atoms with Crippen molar-refractivity contribution in [1.82, 2.24) is 15.1 Å². The molecule has 16 heavy (non-hydrogen) atoms. The zero-order valence-electron chi connectivity index (χ0n) is 9.95. The molecule has 1 N–H and O–H groups in total. The zero-order valence-corrected chi connectivity index (χ0v) is 9.95. The largest absolute Gasteiger partial charge is 0.378 e. The summed E-state index contributed by atoms with van der Waals surface area (Å²) in [5, 5.41) is 3.41. The third kappa shape index (κ3) is 2.86. The Morgan fingerprint density at radius 2 is 2.25 bits per heavy atom. The van der Waals surface area contributed by atoms with Crippen LogP contribution in [0.15, 0.2) is 0 Å². The average molecular weight is 227 g/mol. The summed E-state index contributed by atoms with van der Waals surface area (Å²) in [6.07, 6.45) is 2.41. The van der Waals surface area contributed by atoms with E-state index in [0.717, 1.165) is 26.2 Å². The summed E-state index contributed by atoms with van der Waals surface area (Å²) in [6, 6.07) is 0.618. The van der Waals surface area contributed by atoms with Gasteiger partial charge in [-0.25, -0.2) is 4.79 Å². The van der Waals surface area contributed by atoms with Gasteiger partial charge in [-0.2, -0.15) is 0 Å². The SMILES string of the molecule is CN(CC1CCCN1)C(=O)N1CCOCC1. The molecule has 0 aromatic heterocycles. The van der Waals surface area contributed by atoms with Gasteiger partial charge in [-0.05, 0) is 19.4 Å². The fourth-order valence-electron chi connectivity index (χ4n) is 2.32. The first-order valence-corrected chi connectivity index (χ1v) is 6.08. The van der Waals surface area contributed by atoms with Crippen molar-refractivity contribution in [3.05, 3.63) is 0 Å². The van der Waals surface area contributed by atoms with E-state index < -0.39 is 0 Å². The molecule has 92 valence electrons. The predicted molar refractivity (Wildman–Crippen MR) is 61.4 cm³/mol. The number of hydrogen-bond donors (Lipinski definition) is 1. The Kier molecular flexibility index (Phi) is 4.01. The van der Waals surface area contributed by atoms with Gasteiger partial charge in [-0.3, -0.25) is 0 Å². The number of amides is 2. The highest BCUT2D eigenvalue weighted by molar-refractivity contribution is 5.74. The van der Waals surface area contributed by atoms with Gasteiger partial charge in [0, 0.05) is 32.7 Å². The first kappa shape index (κ1) is 11.7. The molecule has 2 heterocycles. The number of likely N-dealkylation sites (N-methyl/N-ethyl adjacent to an activating group) is 1. The Labute approximate surface area is 96.7 Å². The minimum atomic E-state index is 0.136. The van der Waals surface area contributed by atoms with Crippen LogP contribution in [0.25, 0.3) is 0 Å². The molecule has 0 aromatic rings. The molecule has 0 aliphatic carbocycles. The highest BCUT2D eigenvalue weighted by atomic mass is 16.5. The summed E-state index contributed by atoms with van der Waals surface area (Å²) in [4.78, 5) is 15.8. The van der Waals surface area contributed by atoms with Crippen LogP contribution in [-0.2, 0) is 4.74 Å². The lowest BCUT2D eigenvalue weighted by atomic mass is 10.2. The standard InChI is InChI=1S/C11H21N3O2/c1-13(9-10-3-2-4-12-10)11(15)14-5-7-16-8-6-14/h10,12H,2-9H2,1H3. The van der Waals surface area contributed by atoms with E-state index in [1.807, 2.05) is 16.8 Å². The van der Waals surface area contributed by atoms with Crippen LogP contribution in [0.2, 0.25) is 0 Å². The van der Waals surface area contributed by atoms with Crippen LogP contribution in [0, 0.1) is 0 Å². The molecule has 2 aliphatic heterocycles. The summed E-state index contributed by atoms with van der Waals surface area (Å²) < 4.78 is 5.24. The number of morpholine rings is 1. The number of nitrogens with zero attached hydrogens (tertiary/aromatic N) is 2. The molecule has 0 radical (unpaired) electrons. The van der Waals surface area contributed by atoms with Gasteiger partial charge >= 0.3 is 6.03 Å². The van der Waals surface area contributed by atoms with Crippen molar-refractivity contribution in [2.45, 2.75) is 18.9 Å². The minimum absolute atomic E-state index is 0.136. The Morgan fingerprint density at radius 3 is 2.88 bits per heavy atom. The third-order valence-electron chi connectivity index (χ3n) is 3.26. The minimum Gasteiger partial charge on any atom is -0.378 e. The Balaban J connectivity index is 1.78. The second-order valence-corrected chi connectivity index (χ2v) is 4.56. The van der Waals surface area contributed by atoms with Gasteiger partial charge in [0.05, 0.1) is 13.2 Å². The smallest absolute Gasteiger partial charge is 0.319 e. The van der Waals surface area contributed by atoms with Crippen LogP contribution in [-0.4, -0.2) is 68.3 Å². The number of nitrogens with one attached hydrogen (secondary N) is 1. The summed E-state index contributed by atoms with van der Waals surface area (Å²) in [5.74, 6) is 0. The molecule has 1 unspecified atom stereocenters. The van der Waals surface area contributed by atoms with Gasteiger partial charge in [0.1, 0.15) is 0 Å². The van der Waals surface area contributed by atoms with Gasteiger partial charge in [0.2, 0.25) is 0 Å². The fourth-order valence-corrected chi connectivity index (χ4v) is 2.32. The van der Waals surface area contributed by atoms with E-state index in [4.69, 9.17) is 4.74 Å². The lowest BCUT2D eigenvalue weighted by molar-refractivity contribution is 0.0448. The van der Waals surface area contributed by atoms with E-state index in [0.29, 0.717) is 19.3 Å². The molecule has 5 heteroatoms. The number of ether oxygens (including phenoxy) is 1. The summed E-state index contributed by atoms with van der Waals surface area (Å²) >= 11 is 0. The molecule has 2 rings (SSSR count). The molecule has 0 aromatic carbocycles. The highest BCUT2D eigenvalue weighted by Crippen LogP contribution is 2.08. The first-order valence-electron chi connectivity index (χ1n) is 6.08. The molecule has 2 fully saturated rings. The molecule has 2 amide bonds. The van der Waals surface area contributed by atoms with E-state index in [1.54, 1.807) is 0 Å². The van der Waals surface area contributed by atoms with Crippen molar-refractivity contribution < 1.29 is 9.53 Å². The van der Waals surface area contributed by atoms with Crippen molar-refractivity contribution in [3.63, 3.8) is 0 Å². The van der Waals surface area contributed by atoms with Crippen LogP contribution in [0.5, 0.6) is 0 Å². The maximum atomic E-state index is 12.1. The number of rotatable bonds is 2. The first-order chi connectivity index (χ1) is 7.77. The van der Waals surface area contributed by atoms with Crippen molar-refractivity contribution in [3.8, 4) is 0 Å². The van der Waals surface area contributed by atoms with E-state index in [9.17, 15) is 4.79 Å². The average Bonchev–Trinajstić information content (AvgIpc) is 2.82. The van der Waals surface area contributed by atoms with Gasteiger partial charge < -0.3 is 19.9 Å². The van der Waals surface area contributed by atoms with Gasteiger partial charge in [-0.15, -0.1) is 0 Å². The monoisotopic (exact) mass is 227 g/mol. The summed E-state index contributed by atoms with van der Waals surface area (Å²) in [6.45, 7) is 4.69. The van der Waals surface area contributed by atoms with Crippen molar-refractivity contribution in [2.75, 3.05) is 46.4 Å². The Morgan fingerprint density at radius 1 is 1.50 bits per heavy atom. The van der Waals surface area contributed by atoms with Gasteiger partial charge in [-0.1, -0.05) is 0 Å². The van der Waals surface area contributed by atoms with Gasteiger partial charge in [0.15, 0.2) is 0 Å². The van der Waals surface area contributed by atoms with E-state index in [1.165, 1.54) is 12.8 Å². The molecule has 0 bridgehead atoms. The molecule has 1 atom stereocenters. The van der Waals surface area contributed by atoms with E-state index >= 15 is 0 Å². The number of carbonyl (C=O) groups excluding carboxylic acids is 1. The second-order valence-electron chi connectivity index (χ2n) is 4.56. The van der Waals surface area contributed by atoms with Crippen molar-refractivity contribution >= 4 is 6.03 Å². The van der Waals surface area contributed by atoms with Crippen LogP contribution in [0.4, 0.5) is 4.79 Å². The maximum Gasteiger partial charge on any atom is 0.319 e. The lowest BCUT2D eigenvalue weighted by Gasteiger charge is -2.32. The number of hydrogen-bond acceptors (Lipinski definition) is 3.